The summed E-state index contributed by atoms with van der Waals surface area (Å²) in [5.74, 6) is -0.848. The summed E-state index contributed by atoms with van der Waals surface area (Å²) in [5.41, 5.74) is 3.58. The third-order valence-electron chi connectivity index (χ3n) is 4.53. The van der Waals surface area contributed by atoms with E-state index in [0.29, 0.717) is 16.8 Å². The van der Waals surface area contributed by atoms with Crippen molar-refractivity contribution >= 4 is 34.7 Å². The van der Waals surface area contributed by atoms with Gasteiger partial charge in [-0.15, -0.1) is 0 Å². The zero-order valence-corrected chi connectivity index (χ0v) is 16.4. The molecule has 0 unspecified atom stereocenters. The number of amides is 3. The lowest BCUT2D eigenvalue weighted by Crippen LogP contribution is -2.38. The van der Waals surface area contributed by atoms with Crippen LogP contribution >= 0.6 is 0 Å². The molecule has 2 aromatic rings. The van der Waals surface area contributed by atoms with E-state index in [4.69, 9.17) is 0 Å². The van der Waals surface area contributed by atoms with Gasteiger partial charge in [0, 0.05) is 24.3 Å². The zero-order chi connectivity index (χ0) is 20.4. The van der Waals surface area contributed by atoms with Crippen LogP contribution in [-0.4, -0.2) is 28.7 Å². The molecule has 0 saturated heterocycles. The first-order valence-corrected chi connectivity index (χ1v) is 9.12. The van der Waals surface area contributed by atoms with E-state index in [-0.39, 0.29) is 29.5 Å². The summed E-state index contributed by atoms with van der Waals surface area (Å²) in [6, 6.07) is 14.2. The Kier molecular flexibility index (Phi) is 5.31. The van der Waals surface area contributed by atoms with Gasteiger partial charge in [0.15, 0.2) is 0 Å². The summed E-state index contributed by atoms with van der Waals surface area (Å²) in [5, 5.41) is 5.86. The highest BCUT2D eigenvalue weighted by Gasteiger charge is 2.40. The Morgan fingerprint density at radius 3 is 2.18 bits per heavy atom. The summed E-state index contributed by atoms with van der Waals surface area (Å²) in [6.07, 6.45) is 0. The minimum absolute atomic E-state index is 0.174. The minimum atomic E-state index is -0.343. The normalized spacial score (nSPS) is 14.1. The van der Waals surface area contributed by atoms with Gasteiger partial charge in [0.2, 0.25) is 5.91 Å². The number of rotatable bonds is 5. The van der Waals surface area contributed by atoms with E-state index >= 15 is 0 Å². The maximum Gasteiger partial charge on any atom is 0.278 e. The molecule has 3 amide bonds. The predicted molar refractivity (Wildman–Crippen MR) is 109 cm³/mol. The molecule has 0 radical (unpaired) electrons. The van der Waals surface area contributed by atoms with Crippen molar-refractivity contribution in [2.24, 2.45) is 0 Å². The van der Waals surface area contributed by atoms with E-state index in [1.807, 2.05) is 45.0 Å². The first kappa shape index (κ1) is 19.4. The predicted octanol–water partition coefficient (Wildman–Crippen LogP) is 3.55. The highest BCUT2D eigenvalue weighted by Crippen LogP contribution is 2.32. The van der Waals surface area contributed by atoms with Crippen LogP contribution in [0.25, 0.3) is 5.57 Å². The molecular weight excluding hydrogens is 354 g/mol. The first-order valence-electron chi connectivity index (χ1n) is 9.12. The molecule has 144 valence electrons. The lowest BCUT2D eigenvalue weighted by Gasteiger charge is -2.19. The van der Waals surface area contributed by atoms with Gasteiger partial charge in [-0.3, -0.25) is 19.3 Å². The Labute approximate surface area is 164 Å². The molecular formula is C22H23N3O3. The van der Waals surface area contributed by atoms with E-state index in [2.05, 4.69) is 10.6 Å². The fraction of sp³-hybridized carbons (Fsp3) is 0.227. The molecule has 0 bridgehead atoms. The third-order valence-corrected chi connectivity index (χ3v) is 4.53. The van der Waals surface area contributed by atoms with E-state index < -0.39 is 0 Å². The van der Waals surface area contributed by atoms with Crippen molar-refractivity contribution in [3.63, 3.8) is 0 Å². The van der Waals surface area contributed by atoms with Crippen LogP contribution in [0.1, 0.15) is 31.9 Å². The molecule has 0 spiro atoms. The van der Waals surface area contributed by atoms with Crippen LogP contribution in [0.15, 0.2) is 54.2 Å². The molecule has 1 aliphatic heterocycles. The number of imide groups is 1. The number of carbonyl (C=O) groups is 3. The van der Waals surface area contributed by atoms with Crippen molar-refractivity contribution in [1.29, 1.82) is 0 Å². The van der Waals surface area contributed by atoms with Gasteiger partial charge in [0.05, 0.1) is 5.57 Å². The second kappa shape index (κ2) is 7.68. The number of aryl methyl sites for hydroxylation is 1. The SMILES string of the molecule is CC(=O)Nc1ccc(C2=C(Nc3ccccc3C)C(=O)N(C(C)C)C2=O)cc1. The van der Waals surface area contributed by atoms with E-state index in [0.717, 1.165) is 11.3 Å². The maximum atomic E-state index is 13.0. The largest absolute Gasteiger partial charge is 0.350 e. The monoisotopic (exact) mass is 377 g/mol. The van der Waals surface area contributed by atoms with Gasteiger partial charge in [0.1, 0.15) is 5.70 Å². The molecule has 6 nitrogen and oxygen atoms in total. The fourth-order valence-corrected chi connectivity index (χ4v) is 3.17. The fourth-order valence-electron chi connectivity index (χ4n) is 3.17. The van der Waals surface area contributed by atoms with Crippen molar-refractivity contribution in [2.45, 2.75) is 33.7 Å². The smallest absolute Gasteiger partial charge is 0.278 e. The van der Waals surface area contributed by atoms with Crippen LogP contribution in [-0.2, 0) is 14.4 Å². The molecule has 0 aliphatic carbocycles. The lowest BCUT2D eigenvalue weighted by molar-refractivity contribution is -0.138. The van der Waals surface area contributed by atoms with Crippen LogP contribution in [0.4, 0.5) is 11.4 Å². The van der Waals surface area contributed by atoms with Gasteiger partial charge in [-0.1, -0.05) is 30.3 Å². The summed E-state index contributed by atoms with van der Waals surface area (Å²) < 4.78 is 0. The topological polar surface area (TPSA) is 78.5 Å². The van der Waals surface area contributed by atoms with E-state index in [1.54, 1.807) is 24.3 Å². The Hall–Kier alpha value is -3.41. The average molecular weight is 377 g/mol. The summed E-state index contributed by atoms with van der Waals surface area (Å²) >= 11 is 0. The molecule has 1 heterocycles. The molecule has 28 heavy (non-hydrogen) atoms. The van der Waals surface area contributed by atoms with Gasteiger partial charge in [-0.05, 0) is 50.1 Å². The van der Waals surface area contributed by atoms with Crippen molar-refractivity contribution in [1.82, 2.24) is 4.90 Å². The van der Waals surface area contributed by atoms with Crippen LogP contribution in [0.2, 0.25) is 0 Å². The van der Waals surface area contributed by atoms with Gasteiger partial charge in [-0.2, -0.15) is 0 Å². The number of hydrogen-bond acceptors (Lipinski definition) is 4. The molecule has 0 atom stereocenters. The second-order valence-corrected chi connectivity index (χ2v) is 7.02. The first-order chi connectivity index (χ1) is 13.3. The van der Waals surface area contributed by atoms with Gasteiger partial charge in [-0.25, -0.2) is 0 Å². The number of para-hydroxylation sites is 1. The van der Waals surface area contributed by atoms with Crippen molar-refractivity contribution < 1.29 is 14.4 Å². The van der Waals surface area contributed by atoms with Crippen molar-refractivity contribution in [3.05, 3.63) is 65.4 Å². The standard InChI is InChI=1S/C22H23N3O3/c1-13(2)25-21(27)19(16-9-11-17(12-10-16)23-15(4)26)20(22(25)28)24-18-8-6-5-7-14(18)3/h5-13,24H,1-4H3,(H,23,26). The zero-order valence-electron chi connectivity index (χ0n) is 16.4. The molecule has 0 aromatic heterocycles. The van der Waals surface area contributed by atoms with Crippen LogP contribution in [0, 0.1) is 6.92 Å². The highest BCUT2D eigenvalue weighted by atomic mass is 16.2. The minimum Gasteiger partial charge on any atom is -0.350 e. The van der Waals surface area contributed by atoms with E-state index in [9.17, 15) is 14.4 Å². The Morgan fingerprint density at radius 1 is 0.964 bits per heavy atom. The number of benzene rings is 2. The summed E-state index contributed by atoms with van der Waals surface area (Å²) in [7, 11) is 0. The van der Waals surface area contributed by atoms with Crippen molar-refractivity contribution in [3.8, 4) is 0 Å². The lowest BCUT2D eigenvalue weighted by atomic mass is 10.0. The molecule has 2 aromatic carbocycles. The number of anilines is 2. The van der Waals surface area contributed by atoms with Crippen LogP contribution < -0.4 is 10.6 Å². The Bertz CT molecular complexity index is 975. The molecule has 2 N–H and O–H groups in total. The Morgan fingerprint density at radius 2 is 1.61 bits per heavy atom. The quantitative estimate of drug-likeness (QED) is 0.781. The summed E-state index contributed by atoms with van der Waals surface area (Å²) in [4.78, 5) is 38.5. The highest BCUT2D eigenvalue weighted by molar-refractivity contribution is 6.36. The molecule has 0 saturated carbocycles. The molecule has 1 aliphatic rings. The molecule has 0 fully saturated rings. The van der Waals surface area contributed by atoms with Gasteiger partial charge < -0.3 is 10.6 Å². The molecule has 6 heteroatoms. The van der Waals surface area contributed by atoms with E-state index in [1.165, 1.54) is 11.8 Å². The number of carbonyl (C=O) groups excluding carboxylic acids is 3. The number of nitrogens with zero attached hydrogens (tertiary/aromatic N) is 1. The van der Waals surface area contributed by atoms with Gasteiger partial charge >= 0.3 is 0 Å². The third kappa shape index (κ3) is 3.67. The Balaban J connectivity index is 2.06. The number of nitrogens with one attached hydrogen (secondary N) is 2. The van der Waals surface area contributed by atoms with Crippen molar-refractivity contribution in [2.75, 3.05) is 10.6 Å². The molecule has 3 rings (SSSR count). The second-order valence-electron chi connectivity index (χ2n) is 7.02. The van der Waals surface area contributed by atoms with Gasteiger partial charge in [0.25, 0.3) is 11.8 Å². The van der Waals surface area contributed by atoms with Crippen LogP contribution in [0.3, 0.4) is 0 Å². The number of hydrogen-bond donors (Lipinski definition) is 2. The maximum absolute atomic E-state index is 13.0. The van der Waals surface area contributed by atoms with Crippen LogP contribution in [0.5, 0.6) is 0 Å². The average Bonchev–Trinajstić information content (AvgIpc) is 2.87. The summed E-state index contributed by atoms with van der Waals surface area (Å²) in [6.45, 7) is 6.99.